The Morgan fingerprint density at radius 2 is 1.67 bits per heavy atom. The summed E-state index contributed by atoms with van der Waals surface area (Å²) in [4.78, 5) is 4.81. The van der Waals surface area contributed by atoms with Crippen LogP contribution in [0.3, 0.4) is 0 Å². The maximum absolute atomic E-state index is 6.80. The highest BCUT2D eigenvalue weighted by Gasteiger charge is 2.35. The topological polar surface area (TPSA) is 44.9 Å². The number of benzene rings is 3. The molecule has 3 aromatic heterocycles. The number of fused-ring (bicyclic) bond motifs is 3. The predicted octanol–water partition coefficient (Wildman–Crippen LogP) is 11.9. The van der Waals surface area contributed by atoms with Gasteiger partial charge in [-0.1, -0.05) is 78.3 Å². The van der Waals surface area contributed by atoms with E-state index in [-0.39, 0.29) is 5.41 Å². The number of hydrogen-bond donors (Lipinski definition) is 0. The number of ether oxygens (including phenoxy) is 1. The molecule has 1 aliphatic rings. The van der Waals surface area contributed by atoms with E-state index in [0.29, 0.717) is 17.8 Å². The second kappa shape index (κ2) is 12.7. The Hall–Kier alpha value is -4.64. The Morgan fingerprint density at radius 1 is 0.898 bits per heavy atom. The van der Waals surface area contributed by atoms with Gasteiger partial charge in [0.1, 0.15) is 17.3 Å². The van der Waals surface area contributed by atoms with Crippen molar-refractivity contribution in [3.8, 4) is 23.0 Å². The molecule has 0 fully saturated rings. The van der Waals surface area contributed by atoms with Gasteiger partial charge in [-0.05, 0) is 98.5 Å². The standard InChI is InChI=1S/C44H50N4O/c1-10-31-20-21-45-40(22-31)47-38-17-12-11-16-36(38)37-19-18-34(26-39(37)47)49-35-24-32(27(2)3)23-33(25-35)48-43(44(7,8)9)42(30(6)46-48)41-28(4)14-13-15-29(41)5/h11-12,14,16-27,29,41H,10,13,15H2,1-9H3/t29?,41-/m0/s1. The molecule has 7 rings (SSSR count). The van der Waals surface area contributed by atoms with Crippen LogP contribution in [0.2, 0.25) is 0 Å². The fourth-order valence-corrected chi connectivity index (χ4v) is 7.97. The molecule has 0 radical (unpaired) electrons. The summed E-state index contributed by atoms with van der Waals surface area (Å²) >= 11 is 0. The molecule has 0 aliphatic heterocycles. The quantitative estimate of drug-likeness (QED) is 0.162. The maximum Gasteiger partial charge on any atom is 0.137 e. The van der Waals surface area contributed by atoms with Gasteiger partial charge in [0, 0.05) is 46.0 Å². The number of para-hydroxylation sites is 1. The van der Waals surface area contributed by atoms with Gasteiger partial charge in [-0.3, -0.25) is 4.57 Å². The first-order valence-electron chi connectivity index (χ1n) is 18.0. The summed E-state index contributed by atoms with van der Waals surface area (Å²) in [5, 5.41) is 7.67. The molecular formula is C44H50N4O. The normalized spacial score (nSPS) is 16.9. The summed E-state index contributed by atoms with van der Waals surface area (Å²) < 4.78 is 11.3. The summed E-state index contributed by atoms with van der Waals surface area (Å²) in [6.45, 7) is 20.5. The van der Waals surface area contributed by atoms with E-state index < -0.39 is 0 Å². The zero-order valence-electron chi connectivity index (χ0n) is 30.6. The molecule has 0 N–H and O–H groups in total. The van der Waals surface area contributed by atoms with Crippen molar-refractivity contribution in [3.63, 3.8) is 0 Å². The first-order valence-corrected chi connectivity index (χ1v) is 18.0. The van der Waals surface area contributed by atoms with Gasteiger partial charge >= 0.3 is 0 Å². The first-order chi connectivity index (χ1) is 23.4. The Bertz CT molecular complexity index is 2210. The van der Waals surface area contributed by atoms with Crippen LogP contribution in [0.5, 0.6) is 11.5 Å². The average Bonchev–Trinajstić information content (AvgIpc) is 3.59. The first kappa shape index (κ1) is 32.9. The van der Waals surface area contributed by atoms with Crippen molar-refractivity contribution in [3.05, 3.63) is 119 Å². The molecule has 0 spiro atoms. The third-order valence-corrected chi connectivity index (χ3v) is 10.4. The molecule has 0 saturated heterocycles. The third kappa shape index (κ3) is 5.98. The molecule has 0 amide bonds. The highest BCUT2D eigenvalue weighted by atomic mass is 16.5. The molecule has 252 valence electrons. The van der Waals surface area contributed by atoms with Gasteiger partial charge in [0.2, 0.25) is 0 Å². The van der Waals surface area contributed by atoms with Gasteiger partial charge in [0.05, 0.1) is 28.1 Å². The van der Waals surface area contributed by atoms with Crippen LogP contribution < -0.4 is 4.74 Å². The van der Waals surface area contributed by atoms with E-state index in [9.17, 15) is 0 Å². The highest BCUT2D eigenvalue weighted by Crippen LogP contribution is 2.45. The van der Waals surface area contributed by atoms with Gasteiger partial charge in [-0.15, -0.1) is 0 Å². The van der Waals surface area contributed by atoms with E-state index >= 15 is 0 Å². The molecule has 0 saturated carbocycles. The number of nitrogens with zero attached hydrogens (tertiary/aromatic N) is 4. The van der Waals surface area contributed by atoms with E-state index in [0.717, 1.165) is 52.6 Å². The second-order valence-electron chi connectivity index (χ2n) is 15.4. The molecule has 0 bridgehead atoms. The molecule has 6 aromatic rings. The lowest BCUT2D eigenvalue weighted by atomic mass is 9.72. The number of allylic oxidation sites excluding steroid dienone is 2. The molecule has 5 nitrogen and oxygen atoms in total. The van der Waals surface area contributed by atoms with Gasteiger partial charge in [-0.25, -0.2) is 9.67 Å². The van der Waals surface area contributed by atoms with Crippen LogP contribution in [0.4, 0.5) is 0 Å². The van der Waals surface area contributed by atoms with E-state index in [4.69, 9.17) is 14.8 Å². The fourth-order valence-electron chi connectivity index (χ4n) is 7.97. The Kier molecular flexibility index (Phi) is 8.50. The number of rotatable bonds is 7. The molecule has 1 unspecified atom stereocenters. The lowest BCUT2D eigenvalue weighted by molar-refractivity contribution is 0.437. The van der Waals surface area contributed by atoms with Crippen LogP contribution in [0.15, 0.2) is 90.6 Å². The fraction of sp³-hybridized carbons (Fsp3) is 0.364. The van der Waals surface area contributed by atoms with Crippen LogP contribution in [0, 0.1) is 12.8 Å². The van der Waals surface area contributed by atoms with Gasteiger partial charge in [0.15, 0.2) is 0 Å². The number of hydrogen-bond acceptors (Lipinski definition) is 3. The smallest absolute Gasteiger partial charge is 0.137 e. The van der Waals surface area contributed by atoms with E-state index in [1.54, 1.807) is 0 Å². The van der Waals surface area contributed by atoms with Crippen molar-refractivity contribution in [1.82, 2.24) is 19.3 Å². The molecule has 5 heteroatoms. The predicted molar refractivity (Wildman–Crippen MR) is 204 cm³/mol. The van der Waals surface area contributed by atoms with E-state index in [2.05, 4.69) is 150 Å². The van der Waals surface area contributed by atoms with Crippen LogP contribution in [0.1, 0.15) is 108 Å². The molecule has 3 aromatic carbocycles. The molecule has 2 atom stereocenters. The van der Waals surface area contributed by atoms with Crippen molar-refractivity contribution in [2.45, 2.75) is 98.8 Å². The zero-order valence-corrected chi connectivity index (χ0v) is 30.6. The largest absolute Gasteiger partial charge is 0.457 e. The third-order valence-electron chi connectivity index (χ3n) is 10.4. The number of pyridine rings is 1. The van der Waals surface area contributed by atoms with Crippen molar-refractivity contribution >= 4 is 21.8 Å². The Morgan fingerprint density at radius 3 is 2.41 bits per heavy atom. The van der Waals surface area contributed by atoms with Gasteiger partial charge in [-0.2, -0.15) is 5.10 Å². The second-order valence-corrected chi connectivity index (χ2v) is 15.4. The number of aromatic nitrogens is 4. The van der Waals surface area contributed by atoms with Gasteiger partial charge < -0.3 is 4.74 Å². The van der Waals surface area contributed by atoms with Gasteiger partial charge in [0.25, 0.3) is 0 Å². The van der Waals surface area contributed by atoms with Crippen LogP contribution in [-0.4, -0.2) is 19.3 Å². The Balaban J connectivity index is 1.36. The minimum absolute atomic E-state index is 0.107. The van der Waals surface area contributed by atoms with E-state index in [1.807, 2.05) is 6.20 Å². The summed E-state index contributed by atoms with van der Waals surface area (Å²) in [5.41, 5.74) is 10.9. The summed E-state index contributed by atoms with van der Waals surface area (Å²) in [6, 6.07) is 25.9. The maximum atomic E-state index is 6.80. The van der Waals surface area contributed by atoms with Crippen molar-refractivity contribution < 1.29 is 4.74 Å². The lowest BCUT2D eigenvalue weighted by Gasteiger charge is -2.32. The minimum atomic E-state index is -0.107. The van der Waals surface area contributed by atoms with E-state index in [1.165, 1.54) is 45.2 Å². The van der Waals surface area contributed by atoms with Crippen LogP contribution in [-0.2, 0) is 11.8 Å². The Labute approximate surface area is 291 Å². The minimum Gasteiger partial charge on any atom is -0.457 e. The highest BCUT2D eigenvalue weighted by molar-refractivity contribution is 6.09. The molecular weight excluding hydrogens is 601 g/mol. The van der Waals surface area contributed by atoms with Crippen molar-refractivity contribution in [2.24, 2.45) is 5.92 Å². The van der Waals surface area contributed by atoms with Crippen molar-refractivity contribution in [2.75, 3.05) is 0 Å². The molecule has 1 aliphatic carbocycles. The molecule has 49 heavy (non-hydrogen) atoms. The summed E-state index contributed by atoms with van der Waals surface area (Å²) in [7, 11) is 0. The lowest BCUT2D eigenvalue weighted by Crippen LogP contribution is -2.24. The summed E-state index contributed by atoms with van der Waals surface area (Å²) in [6.07, 6.45) is 7.67. The van der Waals surface area contributed by atoms with Crippen molar-refractivity contribution in [1.29, 1.82) is 0 Å². The molecule has 3 heterocycles. The SMILES string of the molecule is CCc1ccnc(-n2c3ccccc3c3ccc(Oc4cc(C(C)C)cc(-n5nc(C)c([C@H]6C(C)=CCCC6C)c5C(C)(C)C)c4)cc32)c1. The average molecular weight is 651 g/mol. The zero-order chi connectivity index (χ0) is 34.6. The summed E-state index contributed by atoms with van der Waals surface area (Å²) in [5.74, 6) is 3.80. The van der Waals surface area contributed by atoms with Crippen LogP contribution in [0.25, 0.3) is 33.3 Å². The number of aryl methyl sites for hydroxylation is 2. The van der Waals surface area contributed by atoms with Crippen LogP contribution >= 0.6 is 0 Å². The monoisotopic (exact) mass is 650 g/mol.